The summed E-state index contributed by atoms with van der Waals surface area (Å²) in [4.78, 5) is 14.6. The molecule has 0 saturated heterocycles. The molecule has 2 aromatic carbocycles. The number of alkyl halides is 3. The van der Waals surface area contributed by atoms with Crippen molar-refractivity contribution in [3.63, 3.8) is 0 Å². The van der Waals surface area contributed by atoms with E-state index in [-0.39, 0.29) is 16.8 Å². The van der Waals surface area contributed by atoms with Crippen molar-refractivity contribution in [3.8, 4) is 11.3 Å². The number of aromatic amines is 1. The lowest BCUT2D eigenvalue weighted by Crippen LogP contribution is -2.07. The Hall–Kier alpha value is -2.56. The van der Waals surface area contributed by atoms with E-state index in [1.165, 1.54) is 18.2 Å². The van der Waals surface area contributed by atoms with Crippen LogP contribution in [0.2, 0.25) is 0 Å². The number of benzene rings is 2. The van der Waals surface area contributed by atoms with Gasteiger partial charge in [-0.25, -0.2) is 0 Å². The van der Waals surface area contributed by atoms with Crippen molar-refractivity contribution in [2.24, 2.45) is 0 Å². The van der Waals surface area contributed by atoms with Crippen LogP contribution < -0.4 is 0 Å². The molecule has 0 fully saturated rings. The van der Waals surface area contributed by atoms with E-state index in [9.17, 15) is 18.0 Å². The molecule has 0 aliphatic carbocycles. The lowest BCUT2D eigenvalue weighted by atomic mass is 9.99. The van der Waals surface area contributed by atoms with E-state index in [1.54, 1.807) is 0 Å². The van der Waals surface area contributed by atoms with Crippen molar-refractivity contribution < 1.29 is 18.0 Å². The molecule has 3 aromatic rings. The summed E-state index contributed by atoms with van der Waals surface area (Å²) in [6.45, 7) is 3.75. The fourth-order valence-electron chi connectivity index (χ4n) is 2.96. The molecule has 0 aliphatic rings. The van der Waals surface area contributed by atoms with Crippen molar-refractivity contribution in [2.75, 3.05) is 0 Å². The van der Waals surface area contributed by atoms with E-state index in [0.29, 0.717) is 17.2 Å². The first-order chi connectivity index (χ1) is 10.8. The Bertz CT molecular complexity index is 907. The summed E-state index contributed by atoms with van der Waals surface area (Å²) in [5.74, 6) is 0. The number of halogens is 3. The number of aryl methyl sites for hydroxylation is 2. The monoisotopic (exact) mass is 317 g/mol. The topological polar surface area (TPSA) is 32.9 Å². The van der Waals surface area contributed by atoms with E-state index in [1.807, 2.05) is 26.0 Å². The molecule has 1 N–H and O–H groups in total. The molecular formula is C18H14F3NO. The third-order valence-electron chi connectivity index (χ3n) is 3.91. The summed E-state index contributed by atoms with van der Waals surface area (Å²) >= 11 is 0. The fraction of sp³-hybridized carbons (Fsp3) is 0.167. The lowest BCUT2D eigenvalue weighted by molar-refractivity contribution is -0.137. The van der Waals surface area contributed by atoms with Crippen LogP contribution in [0.1, 0.15) is 27.0 Å². The number of rotatable bonds is 2. The standard InChI is InChI=1S/C18H14F3NO/c1-10-7-11(2)16-13(8-10)14(9-23)17(22-16)12-5-3-4-6-15(12)18(19,20)21/h3-9,22H,1-2H3. The zero-order valence-electron chi connectivity index (χ0n) is 12.6. The van der Waals surface area contributed by atoms with Crippen LogP contribution in [-0.2, 0) is 6.18 Å². The van der Waals surface area contributed by atoms with E-state index >= 15 is 0 Å². The first kappa shape index (κ1) is 15.3. The Balaban J connectivity index is 2.39. The molecule has 0 atom stereocenters. The molecule has 3 rings (SSSR count). The Kier molecular flexibility index (Phi) is 3.51. The van der Waals surface area contributed by atoms with Gasteiger partial charge in [-0.2, -0.15) is 13.2 Å². The predicted molar refractivity (Wildman–Crippen MR) is 83.6 cm³/mol. The summed E-state index contributed by atoms with van der Waals surface area (Å²) in [6, 6.07) is 9.00. The van der Waals surface area contributed by atoms with Gasteiger partial charge in [-0.1, -0.05) is 29.8 Å². The molecule has 0 saturated carbocycles. The molecule has 2 nitrogen and oxygen atoms in total. The number of hydrogen-bond donors (Lipinski definition) is 1. The Morgan fingerprint density at radius 3 is 2.43 bits per heavy atom. The molecule has 1 heterocycles. The number of H-pyrrole nitrogens is 1. The van der Waals surface area contributed by atoms with Crippen molar-refractivity contribution in [1.29, 1.82) is 0 Å². The first-order valence-corrected chi connectivity index (χ1v) is 7.07. The number of carbonyl (C=O) groups is 1. The number of fused-ring (bicyclic) bond motifs is 1. The number of carbonyl (C=O) groups excluding carboxylic acids is 1. The second-order valence-electron chi connectivity index (χ2n) is 5.58. The molecule has 5 heteroatoms. The smallest absolute Gasteiger partial charge is 0.354 e. The van der Waals surface area contributed by atoms with Crippen LogP contribution in [-0.4, -0.2) is 11.3 Å². The normalized spacial score (nSPS) is 11.9. The maximum absolute atomic E-state index is 13.3. The van der Waals surface area contributed by atoms with Gasteiger partial charge in [0.2, 0.25) is 0 Å². The van der Waals surface area contributed by atoms with Gasteiger partial charge in [0.15, 0.2) is 6.29 Å². The molecule has 0 amide bonds. The SMILES string of the molecule is Cc1cc(C)c2[nH]c(-c3ccccc3C(F)(F)F)c(C=O)c2c1. The highest BCUT2D eigenvalue weighted by Crippen LogP contribution is 2.39. The second-order valence-corrected chi connectivity index (χ2v) is 5.58. The zero-order chi connectivity index (χ0) is 16.8. The van der Waals surface area contributed by atoms with Crippen LogP contribution in [0.25, 0.3) is 22.2 Å². The summed E-state index contributed by atoms with van der Waals surface area (Å²) in [7, 11) is 0. The van der Waals surface area contributed by atoms with E-state index in [0.717, 1.165) is 17.2 Å². The van der Waals surface area contributed by atoms with Crippen LogP contribution in [0.4, 0.5) is 13.2 Å². The van der Waals surface area contributed by atoms with Gasteiger partial charge in [0, 0.05) is 22.0 Å². The van der Waals surface area contributed by atoms with Crippen LogP contribution in [0.5, 0.6) is 0 Å². The first-order valence-electron chi connectivity index (χ1n) is 7.07. The fourth-order valence-corrected chi connectivity index (χ4v) is 2.96. The van der Waals surface area contributed by atoms with E-state index in [4.69, 9.17) is 0 Å². The number of nitrogens with one attached hydrogen (secondary N) is 1. The van der Waals surface area contributed by atoms with Crippen LogP contribution >= 0.6 is 0 Å². The highest BCUT2D eigenvalue weighted by Gasteiger charge is 2.34. The Labute approximate surface area is 130 Å². The summed E-state index contributed by atoms with van der Waals surface area (Å²) in [5, 5.41) is 0.643. The highest BCUT2D eigenvalue weighted by atomic mass is 19.4. The van der Waals surface area contributed by atoms with Crippen molar-refractivity contribution in [2.45, 2.75) is 20.0 Å². The summed E-state index contributed by atoms with van der Waals surface area (Å²) < 4.78 is 39.8. The number of hydrogen-bond acceptors (Lipinski definition) is 1. The van der Waals surface area contributed by atoms with E-state index in [2.05, 4.69) is 4.98 Å². The molecule has 23 heavy (non-hydrogen) atoms. The average Bonchev–Trinajstić information content (AvgIpc) is 2.85. The molecule has 1 aromatic heterocycles. The molecule has 0 bridgehead atoms. The van der Waals surface area contributed by atoms with Gasteiger partial charge in [0.1, 0.15) is 0 Å². The second kappa shape index (κ2) is 5.26. The lowest BCUT2D eigenvalue weighted by Gasteiger charge is -2.12. The van der Waals surface area contributed by atoms with Gasteiger partial charge in [-0.05, 0) is 31.5 Å². The van der Waals surface area contributed by atoms with Crippen molar-refractivity contribution in [3.05, 3.63) is 58.7 Å². The van der Waals surface area contributed by atoms with Gasteiger partial charge >= 0.3 is 6.18 Å². The Morgan fingerprint density at radius 2 is 1.78 bits per heavy atom. The predicted octanol–water partition coefficient (Wildman–Crippen LogP) is 5.28. The van der Waals surface area contributed by atoms with Crippen molar-refractivity contribution >= 4 is 17.2 Å². The quantitative estimate of drug-likeness (QED) is 0.641. The molecule has 0 unspecified atom stereocenters. The minimum absolute atomic E-state index is 0.0182. The largest absolute Gasteiger partial charge is 0.417 e. The maximum Gasteiger partial charge on any atom is 0.417 e. The molecule has 0 spiro atoms. The maximum atomic E-state index is 13.3. The highest BCUT2D eigenvalue weighted by molar-refractivity contribution is 6.05. The summed E-state index contributed by atoms with van der Waals surface area (Å²) in [5.41, 5.74) is 2.20. The van der Waals surface area contributed by atoms with Crippen LogP contribution in [0.15, 0.2) is 36.4 Å². The minimum atomic E-state index is -4.49. The van der Waals surface area contributed by atoms with Gasteiger partial charge in [0.05, 0.1) is 11.3 Å². The zero-order valence-corrected chi connectivity index (χ0v) is 12.6. The van der Waals surface area contributed by atoms with Gasteiger partial charge < -0.3 is 4.98 Å². The van der Waals surface area contributed by atoms with E-state index < -0.39 is 11.7 Å². The van der Waals surface area contributed by atoms with Gasteiger partial charge in [-0.15, -0.1) is 0 Å². The molecule has 0 radical (unpaired) electrons. The van der Waals surface area contributed by atoms with Gasteiger partial charge in [-0.3, -0.25) is 4.79 Å². The Morgan fingerprint density at radius 1 is 1.09 bits per heavy atom. The van der Waals surface area contributed by atoms with Crippen LogP contribution in [0, 0.1) is 13.8 Å². The van der Waals surface area contributed by atoms with Crippen molar-refractivity contribution in [1.82, 2.24) is 4.98 Å². The molecule has 0 aliphatic heterocycles. The minimum Gasteiger partial charge on any atom is -0.354 e. The third kappa shape index (κ3) is 2.52. The number of aromatic nitrogens is 1. The third-order valence-corrected chi connectivity index (χ3v) is 3.91. The summed E-state index contributed by atoms with van der Waals surface area (Å²) in [6.07, 6.45) is -3.88. The molecular weight excluding hydrogens is 303 g/mol. The van der Waals surface area contributed by atoms with Crippen LogP contribution in [0.3, 0.4) is 0 Å². The average molecular weight is 317 g/mol. The molecule has 118 valence electrons. The number of aldehydes is 1. The van der Waals surface area contributed by atoms with Gasteiger partial charge in [0.25, 0.3) is 0 Å².